The number of nitrogens with zero attached hydrogens (tertiary/aromatic N) is 3. The van der Waals surface area contributed by atoms with Crippen LogP contribution in [0.4, 0.5) is 0 Å². The van der Waals surface area contributed by atoms with Crippen LogP contribution in [-0.2, 0) is 13.6 Å². The minimum absolute atomic E-state index is 0.0341. The molecular formula is C22H31N3O3. The van der Waals surface area contributed by atoms with Crippen molar-refractivity contribution in [1.82, 2.24) is 14.4 Å². The lowest BCUT2D eigenvalue weighted by molar-refractivity contribution is 0.146. The smallest absolute Gasteiger partial charge is 0.253 e. The summed E-state index contributed by atoms with van der Waals surface area (Å²) in [4.78, 5) is 17.0. The van der Waals surface area contributed by atoms with Crippen molar-refractivity contribution in [3.05, 3.63) is 45.4 Å². The van der Waals surface area contributed by atoms with E-state index in [-0.39, 0.29) is 5.56 Å². The first-order valence-corrected chi connectivity index (χ1v) is 9.69. The van der Waals surface area contributed by atoms with E-state index in [1.807, 2.05) is 27.0 Å². The van der Waals surface area contributed by atoms with Gasteiger partial charge in [-0.1, -0.05) is 0 Å². The Labute approximate surface area is 167 Å². The number of ether oxygens (including phenoxy) is 2. The molecule has 1 saturated heterocycles. The number of aryl methyl sites for hydroxylation is 1. The van der Waals surface area contributed by atoms with Gasteiger partial charge in [-0.05, 0) is 44.7 Å². The predicted molar refractivity (Wildman–Crippen MR) is 112 cm³/mol. The fraction of sp³-hybridized carbons (Fsp3) is 0.500. The topological polar surface area (TPSA) is 46.9 Å². The van der Waals surface area contributed by atoms with Gasteiger partial charge in [0.2, 0.25) is 0 Å². The average molecular weight is 386 g/mol. The van der Waals surface area contributed by atoms with E-state index in [0.29, 0.717) is 0 Å². The minimum Gasteiger partial charge on any atom is -0.496 e. The molecule has 1 aromatic heterocycles. The van der Waals surface area contributed by atoms with E-state index in [1.165, 1.54) is 0 Å². The molecule has 0 radical (unpaired) electrons. The Bertz CT molecular complexity index is 887. The molecular weight excluding hydrogens is 354 g/mol. The third-order valence-corrected chi connectivity index (χ3v) is 5.79. The Kier molecular flexibility index (Phi) is 6.10. The third kappa shape index (κ3) is 3.93. The van der Waals surface area contributed by atoms with Crippen LogP contribution >= 0.6 is 0 Å². The second-order valence-electron chi connectivity index (χ2n) is 7.63. The van der Waals surface area contributed by atoms with E-state index < -0.39 is 0 Å². The Balaban J connectivity index is 2.03. The Morgan fingerprint density at radius 1 is 0.929 bits per heavy atom. The number of likely N-dealkylation sites (N-methyl/N-ethyl adjacent to an activating group) is 1. The zero-order chi connectivity index (χ0) is 20.4. The van der Waals surface area contributed by atoms with Gasteiger partial charge in [-0.3, -0.25) is 9.69 Å². The SMILES string of the molecule is COc1cc(-c2cc(C)c(=O)n(C)c2C)cc(OC)c1CN1CCN(C)CC1. The molecule has 28 heavy (non-hydrogen) atoms. The summed E-state index contributed by atoms with van der Waals surface area (Å²) in [6.45, 7) is 8.81. The molecule has 0 bridgehead atoms. The molecule has 1 aliphatic rings. The number of piperazine rings is 1. The van der Waals surface area contributed by atoms with Gasteiger partial charge in [0.05, 0.1) is 19.8 Å². The monoisotopic (exact) mass is 385 g/mol. The van der Waals surface area contributed by atoms with E-state index >= 15 is 0 Å². The highest BCUT2D eigenvalue weighted by Gasteiger charge is 2.20. The molecule has 0 spiro atoms. The van der Waals surface area contributed by atoms with Crippen molar-refractivity contribution in [3.8, 4) is 22.6 Å². The highest BCUT2D eigenvalue weighted by molar-refractivity contribution is 5.71. The summed E-state index contributed by atoms with van der Waals surface area (Å²) in [5, 5.41) is 0. The molecule has 0 amide bonds. The lowest BCUT2D eigenvalue weighted by Gasteiger charge is -2.33. The second-order valence-corrected chi connectivity index (χ2v) is 7.63. The Morgan fingerprint density at radius 3 is 2.04 bits per heavy atom. The van der Waals surface area contributed by atoms with Crippen LogP contribution in [0.5, 0.6) is 11.5 Å². The zero-order valence-corrected chi connectivity index (χ0v) is 17.8. The molecule has 0 atom stereocenters. The van der Waals surface area contributed by atoms with Gasteiger partial charge < -0.3 is 18.9 Å². The lowest BCUT2D eigenvalue weighted by atomic mass is 9.99. The number of methoxy groups -OCH3 is 2. The van der Waals surface area contributed by atoms with E-state index in [1.54, 1.807) is 18.8 Å². The van der Waals surface area contributed by atoms with Gasteiger partial charge in [0.25, 0.3) is 5.56 Å². The van der Waals surface area contributed by atoms with Gasteiger partial charge >= 0.3 is 0 Å². The molecule has 152 valence electrons. The number of hydrogen-bond acceptors (Lipinski definition) is 5. The number of benzene rings is 1. The first-order valence-electron chi connectivity index (χ1n) is 9.69. The van der Waals surface area contributed by atoms with E-state index in [2.05, 4.69) is 29.0 Å². The van der Waals surface area contributed by atoms with Crippen molar-refractivity contribution in [1.29, 1.82) is 0 Å². The summed E-state index contributed by atoms with van der Waals surface area (Å²) >= 11 is 0. The summed E-state index contributed by atoms with van der Waals surface area (Å²) in [5.41, 5.74) is 4.76. The molecule has 1 aromatic carbocycles. The zero-order valence-electron chi connectivity index (χ0n) is 17.8. The molecule has 0 aliphatic carbocycles. The summed E-state index contributed by atoms with van der Waals surface area (Å²) < 4.78 is 13.2. The maximum absolute atomic E-state index is 12.2. The summed E-state index contributed by atoms with van der Waals surface area (Å²) in [6, 6.07) is 6.06. The molecule has 0 unspecified atom stereocenters. The molecule has 0 N–H and O–H groups in total. The largest absolute Gasteiger partial charge is 0.496 e. The van der Waals surface area contributed by atoms with Crippen LogP contribution in [0.15, 0.2) is 23.0 Å². The fourth-order valence-electron chi connectivity index (χ4n) is 3.80. The Hall–Kier alpha value is -2.31. The van der Waals surface area contributed by atoms with E-state index in [4.69, 9.17) is 9.47 Å². The maximum atomic E-state index is 12.2. The normalized spacial score (nSPS) is 15.6. The molecule has 0 saturated carbocycles. The number of aromatic nitrogens is 1. The van der Waals surface area contributed by atoms with E-state index in [0.717, 1.165) is 72.2 Å². The highest BCUT2D eigenvalue weighted by Crippen LogP contribution is 2.37. The fourth-order valence-corrected chi connectivity index (χ4v) is 3.80. The van der Waals surface area contributed by atoms with Crippen LogP contribution in [0, 0.1) is 13.8 Å². The molecule has 3 rings (SSSR count). The standard InChI is InChI=1S/C22H31N3O3/c1-15-11-18(16(2)24(4)22(15)26)17-12-20(27-5)19(21(13-17)28-6)14-25-9-7-23(3)8-10-25/h11-13H,7-10,14H2,1-6H3. The minimum atomic E-state index is 0.0341. The van der Waals surface area contributed by atoms with Crippen LogP contribution in [0.3, 0.4) is 0 Å². The van der Waals surface area contributed by atoms with Crippen molar-refractivity contribution in [2.45, 2.75) is 20.4 Å². The summed E-state index contributed by atoms with van der Waals surface area (Å²) in [6.07, 6.45) is 0. The van der Waals surface area contributed by atoms with Gasteiger partial charge in [-0.15, -0.1) is 0 Å². The first kappa shape index (κ1) is 20.4. The van der Waals surface area contributed by atoms with Crippen LogP contribution in [0.25, 0.3) is 11.1 Å². The number of rotatable bonds is 5. The highest BCUT2D eigenvalue weighted by atomic mass is 16.5. The quantitative estimate of drug-likeness (QED) is 0.791. The maximum Gasteiger partial charge on any atom is 0.253 e. The molecule has 6 nitrogen and oxygen atoms in total. The van der Waals surface area contributed by atoms with Crippen LogP contribution < -0.4 is 15.0 Å². The molecule has 6 heteroatoms. The van der Waals surface area contributed by atoms with Gasteiger partial charge in [-0.25, -0.2) is 0 Å². The lowest BCUT2D eigenvalue weighted by Crippen LogP contribution is -2.43. The Morgan fingerprint density at radius 2 is 1.50 bits per heavy atom. The van der Waals surface area contributed by atoms with Crippen molar-refractivity contribution < 1.29 is 9.47 Å². The van der Waals surface area contributed by atoms with Crippen LogP contribution in [0.2, 0.25) is 0 Å². The molecule has 1 aliphatic heterocycles. The van der Waals surface area contributed by atoms with E-state index in [9.17, 15) is 4.79 Å². The van der Waals surface area contributed by atoms with Crippen molar-refractivity contribution in [2.75, 3.05) is 47.4 Å². The third-order valence-electron chi connectivity index (χ3n) is 5.79. The van der Waals surface area contributed by atoms with Crippen molar-refractivity contribution >= 4 is 0 Å². The number of hydrogen-bond donors (Lipinski definition) is 0. The summed E-state index contributed by atoms with van der Waals surface area (Å²) in [5.74, 6) is 1.64. The molecule has 1 fully saturated rings. The van der Waals surface area contributed by atoms with Crippen molar-refractivity contribution in [2.24, 2.45) is 7.05 Å². The second kappa shape index (κ2) is 8.37. The molecule has 2 heterocycles. The van der Waals surface area contributed by atoms with Gasteiger partial charge in [-0.2, -0.15) is 0 Å². The van der Waals surface area contributed by atoms with Crippen LogP contribution in [0.1, 0.15) is 16.8 Å². The summed E-state index contributed by atoms with van der Waals surface area (Å²) in [7, 11) is 7.37. The van der Waals surface area contributed by atoms with Crippen molar-refractivity contribution in [3.63, 3.8) is 0 Å². The van der Waals surface area contributed by atoms with Crippen LogP contribution in [-0.4, -0.2) is 61.8 Å². The predicted octanol–water partition coefficient (Wildman–Crippen LogP) is 2.43. The van der Waals surface area contributed by atoms with Gasteiger partial charge in [0.1, 0.15) is 11.5 Å². The van der Waals surface area contributed by atoms with Gasteiger partial charge in [0, 0.05) is 56.6 Å². The van der Waals surface area contributed by atoms with Gasteiger partial charge in [0.15, 0.2) is 0 Å². The number of pyridine rings is 1. The first-order chi connectivity index (χ1) is 13.3. The molecule has 2 aromatic rings. The average Bonchev–Trinajstić information content (AvgIpc) is 2.70.